The number of nitrogen functional groups attached to an aromatic ring is 1. The van der Waals surface area contributed by atoms with Crippen LogP contribution in [0.2, 0.25) is 5.02 Å². The average Bonchev–Trinajstić information content (AvgIpc) is 2.57. The lowest BCUT2D eigenvalue weighted by atomic mass is 10.2. The molecule has 0 aliphatic carbocycles. The number of carbonyl (C=O) groups excluding carboxylic acids is 1. The van der Waals surface area contributed by atoms with E-state index < -0.39 is 0 Å². The van der Waals surface area contributed by atoms with E-state index in [4.69, 9.17) is 22.2 Å². The molecule has 2 aromatic carbocycles. The van der Waals surface area contributed by atoms with E-state index in [1.807, 2.05) is 49.4 Å². The number of carbonyl (C=O) groups is 1. The van der Waals surface area contributed by atoms with Crippen molar-refractivity contribution in [2.45, 2.75) is 6.92 Å². The van der Waals surface area contributed by atoms with Crippen molar-refractivity contribution in [2.24, 2.45) is 5.73 Å². The van der Waals surface area contributed by atoms with Crippen LogP contribution in [0.4, 0.5) is 5.69 Å². The summed E-state index contributed by atoms with van der Waals surface area (Å²) in [6, 6.07) is 16.5. The fraction of sp³-hybridized carbons (Fsp3) is 0.176. The van der Waals surface area contributed by atoms with Crippen LogP contribution in [0.1, 0.15) is 12.5 Å². The van der Waals surface area contributed by atoms with Crippen LogP contribution in [0, 0.1) is 0 Å². The van der Waals surface area contributed by atoms with E-state index in [9.17, 15) is 4.79 Å². The first-order valence-electron chi connectivity index (χ1n) is 7.24. The maximum atomic E-state index is 12.2. The molecule has 3 N–H and O–H groups in total. The number of likely N-dealkylation sites (N-methyl/N-ethyl adjacent to an activating group) is 1. The summed E-state index contributed by atoms with van der Waals surface area (Å²) in [5, 5.41) is 3.07. The number of nitrogens with one attached hydrogen (secondary N) is 1. The highest BCUT2D eigenvalue weighted by atomic mass is 35.5. The molecular weight excluding hydrogens is 314 g/mol. The lowest BCUT2D eigenvalue weighted by molar-refractivity contribution is -0.749. The van der Waals surface area contributed by atoms with Crippen molar-refractivity contribution in [3.8, 4) is 0 Å². The molecular formula is C17H19ClN3O2+. The molecule has 0 spiro atoms. The van der Waals surface area contributed by atoms with Crippen LogP contribution in [0.25, 0.3) is 0 Å². The van der Waals surface area contributed by atoms with Crippen molar-refractivity contribution in [2.75, 3.05) is 18.1 Å². The number of nitrogens with two attached hydrogens (primary N) is 1. The minimum absolute atomic E-state index is 0.145. The summed E-state index contributed by atoms with van der Waals surface area (Å²) in [4.78, 5) is 19.1. The van der Waals surface area contributed by atoms with Crippen LogP contribution < -0.4 is 15.8 Å². The smallest absolute Gasteiger partial charge is 0.313 e. The van der Waals surface area contributed by atoms with Gasteiger partial charge in [-0.2, -0.15) is 0 Å². The van der Waals surface area contributed by atoms with E-state index in [-0.39, 0.29) is 18.3 Å². The van der Waals surface area contributed by atoms with Crippen molar-refractivity contribution in [3.63, 3.8) is 0 Å². The summed E-state index contributed by atoms with van der Waals surface area (Å²) >= 11 is 6.04. The molecule has 0 saturated carbocycles. The second-order valence-corrected chi connectivity index (χ2v) is 5.17. The molecule has 1 amide bonds. The number of anilines is 1. The standard InChI is InChI=1S/C17H18ClN3O2/c1-2-21(13-8-4-3-5-9-13)16(22)12-23-20-17(19)14-10-6-7-11-15(14)18/h3-11H,2,12H2,1H3,(H2,19,20)/p+1. The minimum Gasteiger partial charge on any atom is -0.333 e. The topological polar surface area (TPSA) is 69.5 Å². The Bertz CT molecular complexity index is 689. The summed E-state index contributed by atoms with van der Waals surface area (Å²) < 4.78 is 0. The van der Waals surface area contributed by atoms with E-state index >= 15 is 0 Å². The summed E-state index contributed by atoms with van der Waals surface area (Å²) in [7, 11) is 0. The summed E-state index contributed by atoms with van der Waals surface area (Å²) in [5.41, 5.74) is 7.32. The van der Waals surface area contributed by atoms with Gasteiger partial charge in [0.25, 0.3) is 5.91 Å². The van der Waals surface area contributed by atoms with Crippen LogP contribution in [-0.4, -0.2) is 24.9 Å². The lowest BCUT2D eigenvalue weighted by Gasteiger charge is -2.19. The Morgan fingerprint density at radius 2 is 1.83 bits per heavy atom. The molecule has 120 valence electrons. The molecule has 0 bridgehead atoms. The Kier molecular flexibility index (Phi) is 6.00. The molecule has 23 heavy (non-hydrogen) atoms. The maximum Gasteiger partial charge on any atom is 0.313 e. The molecule has 0 unspecified atom stereocenters. The highest BCUT2D eigenvalue weighted by Gasteiger charge is 2.15. The minimum atomic E-state index is -0.168. The molecule has 0 fully saturated rings. The van der Waals surface area contributed by atoms with Gasteiger partial charge in [0.2, 0.25) is 6.61 Å². The van der Waals surface area contributed by atoms with Crippen LogP contribution in [-0.2, 0) is 9.63 Å². The normalized spacial score (nSPS) is 11.1. The third-order valence-corrected chi connectivity index (χ3v) is 3.56. The van der Waals surface area contributed by atoms with Crippen molar-refractivity contribution < 1.29 is 14.8 Å². The highest BCUT2D eigenvalue weighted by Crippen LogP contribution is 2.13. The van der Waals surface area contributed by atoms with Crippen molar-refractivity contribution in [1.29, 1.82) is 0 Å². The van der Waals surface area contributed by atoms with Crippen molar-refractivity contribution >= 4 is 29.0 Å². The fourth-order valence-electron chi connectivity index (χ4n) is 2.10. The Hall–Kier alpha value is -2.53. The van der Waals surface area contributed by atoms with Gasteiger partial charge >= 0.3 is 5.84 Å². The van der Waals surface area contributed by atoms with Gasteiger partial charge in [-0.3, -0.25) is 10.5 Å². The third-order valence-electron chi connectivity index (χ3n) is 3.23. The van der Waals surface area contributed by atoms with Crippen molar-refractivity contribution in [3.05, 3.63) is 65.2 Å². The Morgan fingerprint density at radius 1 is 1.17 bits per heavy atom. The Morgan fingerprint density at radius 3 is 2.48 bits per heavy atom. The van der Waals surface area contributed by atoms with Crippen LogP contribution in [0.15, 0.2) is 54.6 Å². The Balaban J connectivity index is 1.98. The predicted molar refractivity (Wildman–Crippen MR) is 91.1 cm³/mol. The number of hydrogen-bond donors (Lipinski definition) is 2. The molecule has 5 nitrogen and oxygen atoms in total. The van der Waals surface area contributed by atoms with Crippen LogP contribution >= 0.6 is 11.6 Å². The monoisotopic (exact) mass is 332 g/mol. The number of hydrogen-bond acceptors (Lipinski definition) is 2. The second kappa shape index (κ2) is 8.19. The van der Waals surface area contributed by atoms with Gasteiger partial charge in [-0.15, -0.1) is 0 Å². The van der Waals surface area contributed by atoms with Gasteiger partial charge in [-0.25, -0.2) is 0 Å². The number of amides is 1. The Labute approximate surface area is 140 Å². The summed E-state index contributed by atoms with van der Waals surface area (Å²) in [5.74, 6) is 0.0873. The first-order valence-corrected chi connectivity index (χ1v) is 7.61. The van der Waals surface area contributed by atoms with Gasteiger partial charge < -0.3 is 9.74 Å². The zero-order valence-electron chi connectivity index (χ0n) is 12.8. The van der Waals surface area contributed by atoms with E-state index in [1.165, 1.54) is 0 Å². The van der Waals surface area contributed by atoms with E-state index in [0.29, 0.717) is 17.1 Å². The molecule has 0 aliphatic heterocycles. The number of para-hydroxylation sites is 1. The number of nitrogens with zero attached hydrogens (tertiary/aromatic N) is 1. The summed E-state index contributed by atoms with van der Waals surface area (Å²) in [6.45, 7) is 2.31. The van der Waals surface area contributed by atoms with E-state index in [1.54, 1.807) is 17.0 Å². The fourth-order valence-corrected chi connectivity index (χ4v) is 2.34. The van der Waals surface area contributed by atoms with Gasteiger partial charge in [-0.1, -0.05) is 47.1 Å². The molecule has 2 aromatic rings. The quantitative estimate of drug-likeness (QED) is 0.473. The molecule has 0 aliphatic rings. The maximum absolute atomic E-state index is 12.2. The molecule has 6 heteroatoms. The first kappa shape index (κ1) is 16.8. The van der Waals surface area contributed by atoms with E-state index in [2.05, 4.69) is 5.16 Å². The van der Waals surface area contributed by atoms with Gasteiger partial charge in [0, 0.05) is 12.2 Å². The lowest BCUT2D eigenvalue weighted by Crippen LogP contribution is -2.75. The highest BCUT2D eigenvalue weighted by molar-refractivity contribution is 6.33. The van der Waals surface area contributed by atoms with Crippen molar-refractivity contribution in [1.82, 2.24) is 0 Å². The van der Waals surface area contributed by atoms with Crippen LogP contribution in [0.3, 0.4) is 0 Å². The van der Waals surface area contributed by atoms with Crippen LogP contribution in [0.5, 0.6) is 0 Å². The molecule has 0 saturated heterocycles. The second-order valence-electron chi connectivity index (χ2n) is 4.76. The largest absolute Gasteiger partial charge is 0.333 e. The SMILES string of the molecule is CCN(C(=O)CO[NH+]=C(N)c1ccccc1Cl)c1ccccc1. The number of amidine groups is 1. The number of halogens is 1. The first-order chi connectivity index (χ1) is 11.1. The van der Waals surface area contributed by atoms with Gasteiger partial charge in [0.1, 0.15) is 0 Å². The molecule has 0 radical (unpaired) electrons. The predicted octanol–water partition coefficient (Wildman–Crippen LogP) is 1.11. The third kappa shape index (κ3) is 4.47. The number of rotatable bonds is 6. The average molecular weight is 333 g/mol. The van der Waals surface area contributed by atoms with Gasteiger partial charge in [0.05, 0.1) is 10.6 Å². The molecule has 0 aromatic heterocycles. The molecule has 0 heterocycles. The zero-order valence-corrected chi connectivity index (χ0v) is 13.6. The van der Waals surface area contributed by atoms with Gasteiger partial charge in [-0.05, 0) is 31.2 Å². The molecule has 2 rings (SSSR count). The summed E-state index contributed by atoms with van der Waals surface area (Å²) in [6.07, 6.45) is 0. The number of benzene rings is 2. The van der Waals surface area contributed by atoms with Gasteiger partial charge in [0.15, 0.2) is 0 Å². The zero-order chi connectivity index (χ0) is 16.7. The molecule has 0 atom stereocenters. The van der Waals surface area contributed by atoms with E-state index in [0.717, 1.165) is 5.69 Å².